The van der Waals surface area contributed by atoms with Crippen LogP contribution < -0.4 is 18.3 Å². The summed E-state index contributed by atoms with van der Waals surface area (Å²) in [4.78, 5) is 33.9. The van der Waals surface area contributed by atoms with E-state index in [0.29, 0.717) is 71.8 Å². The Bertz CT molecular complexity index is 8240. The molecule has 12 aromatic heterocycles. The lowest BCUT2D eigenvalue weighted by molar-refractivity contribution is -0.662. The Morgan fingerprint density at radius 2 is 0.722 bits per heavy atom. The van der Waals surface area contributed by atoms with Crippen molar-refractivity contribution in [2.75, 3.05) is 0 Å². The van der Waals surface area contributed by atoms with E-state index in [2.05, 4.69) is 124 Å². The smallest absolute Gasteiger partial charge is 0.394 e. The van der Waals surface area contributed by atoms with Crippen LogP contribution in [0.1, 0.15) is 147 Å². The lowest BCUT2D eigenvalue weighted by atomic mass is 9.84. The van der Waals surface area contributed by atoms with Crippen LogP contribution >= 0.6 is 0 Å². The van der Waals surface area contributed by atoms with E-state index in [-0.39, 0.29) is 51.3 Å². The standard InChI is InChI=1S/C28H26F2N3O.C27H24F4N3O.C27H26F2N3O.C25H22F2N3O/c1-15-10-20-25-21(29)13-23(30)32-28(25)34-27(20)24(16(15)2)26-19-9-8-18(11-17-6-4-5-7-17)12-22(19)31-14-33(26)3;1-14-10-19-17-8-9-21(28)33-25(17)35-24(19)22(15(14)2)23-18-7-6-16(11-20(18)32-13-34(23)5)12-26(3,4)27(29,30)31;1-14-15(2)23(29)22-18-9-10-20(28)31-26(18)33-25(22)21(14)24-17-8-7-16(12-27(3,4)5)11-19(17)30-13-32(24)6;1-12(2)15-6-7-16-19(9-15)28-11-30(5)23(16)21-14(4)13(3)8-17-22-18(26)10-20(27)29-25(22)31-24(17)21/h8-10,12-14,17H,4-7,11H2,1-3H3;6-11,13H,12H2,1-5H3;7-11,13H,12H2,1-6H3;6-12H,1-5H3/q4*+1. The van der Waals surface area contributed by atoms with Gasteiger partial charge in [0.25, 0.3) is 25.3 Å². The van der Waals surface area contributed by atoms with Gasteiger partial charge < -0.3 is 17.7 Å². The first-order chi connectivity index (χ1) is 63.1. The molecule has 133 heavy (non-hydrogen) atoms. The number of halogens is 10. The monoisotopic (exact) mass is 1800 g/mol. The second-order valence-corrected chi connectivity index (χ2v) is 37.9. The average molecular weight is 1810 g/mol. The molecule has 21 rings (SSSR count). The van der Waals surface area contributed by atoms with E-state index in [4.69, 9.17) is 22.7 Å². The fourth-order valence-electron chi connectivity index (χ4n) is 19.1. The number of nitrogens with zero attached hydrogens (tertiary/aromatic N) is 12. The highest BCUT2D eigenvalue weighted by Crippen LogP contribution is 2.48. The van der Waals surface area contributed by atoms with Crippen LogP contribution in [0.5, 0.6) is 0 Å². The van der Waals surface area contributed by atoms with Crippen molar-refractivity contribution in [3.8, 4) is 45.0 Å². The molecular weight excluding hydrogens is 1710 g/mol. The van der Waals surface area contributed by atoms with Crippen molar-refractivity contribution in [2.45, 2.75) is 161 Å². The number of pyridine rings is 4. The zero-order chi connectivity index (χ0) is 94.5. The first-order valence-electron chi connectivity index (χ1n) is 44.3. The number of benzene rings is 8. The van der Waals surface area contributed by atoms with Crippen molar-refractivity contribution < 1.29 is 79.8 Å². The van der Waals surface area contributed by atoms with Crippen molar-refractivity contribution in [2.24, 2.45) is 44.9 Å². The molecule has 8 aromatic carbocycles. The summed E-state index contributed by atoms with van der Waals surface area (Å²) < 4.78 is 172. The van der Waals surface area contributed by atoms with Gasteiger partial charge in [0.2, 0.25) is 46.6 Å². The maximum Gasteiger partial charge on any atom is 0.394 e. The van der Waals surface area contributed by atoms with Crippen LogP contribution in [0.3, 0.4) is 0 Å². The van der Waals surface area contributed by atoms with Gasteiger partial charge in [0.1, 0.15) is 57.0 Å². The molecule has 0 spiro atoms. The normalized spacial score (nSPS) is 13.0. The van der Waals surface area contributed by atoms with Gasteiger partial charge >= 0.3 is 6.18 Å². The maximum atomic E-state index is 15.4. The maximum absolute atomic E-state index is 15.4. The van der Waals surface area contributed by atoms with E-state index in [1.54, 1.807) is 44.1 Å². The van der Waals surface area contributed by atoms with Crippen molar-refractivity contribution in [1.29, 1.82) is 0 Å². The number of alkyl halides is 3. The predicted octanol–water partition coefficient (Wildman–Crippen LogP) is 26.1. The van der Waals surface area contributed by atoms with Gasteiger partial charge in [-0.05, 0) is 270 Å². The van der Waals surface area contributed by atoms with E-state index in [1.807, 2.05) is 126 Å². The summed E-state index contributed by atoms with van der Waals surface area (Å²) in [6.45, 7) is 29.0. The van der Waals surface area contributed by atoms with E-state index < -0.39 is 47.0 Å². The fourth-order valence-corrected chi connectivity index (χ4v) is 19.1. The molecule has 1 fully saturated rings. The first kappa shape index (κ1) is 89.8. The van der Waals surface area contributed by atoms with Gasteiger partial charge in [0.05, 0.1) is 98.9 Å². The largest absolute Gasteiger partial charge is 0.437 e. The lowest BCUT2D eigenvalue weighted by Crippen LogP contribution is -2.34. The quantitative estimate of drug-likeness (QED) is 0.0722. The molecule has 0 radical (unpaired) electrons. The molecular formula is C107H98F10N12O4+4. The molecule has 1 aliphatic rings. The van der Waals surface area contributed by atoms with Gasteiger partial charge in [-0.15, -0.1) is 0 Å². The summed E-state index contributed by atoms with van der Waals surface area (Å²) >= 11 is 0. The molecule has 0 atom stereocenters. The number of rotatable bonds is 10. The summed E-state index contributed by atoms with van der Waals surface area (Å²) in [5.74, 6) is -3.66. The molecule has 0 aliphatic heterocycles. The minimum Gasteiger partial charge on any atom is -0.437 e. The van der Waals surface area contributed by atoms with Crippen molar-refractivity contribution in [3.05, 3.63) is 261 Å². The molecule has 1 saturated carbocycles. The van der Waals surface area contributed by atoms with Crippen LogP contribution in [0.2, 0.25) is 0 Å². The molecule has 12 heterocycles. The fraction of sp³-hybridized carbons (Fsp3) is 0.290. The van der Waals surface area contributed by atoms with Gasteiger partial charge in [-0.1, -0.05) is 98.4 Å². The van der Waals surface area contributed by atoms with Gasteiger partial charge in [-0.25, -0.2) is 31.4 Å². The lowest BCUT2D eigenvalue weighted by Gasteiger charge is -2.27. The number of aryl methyl sites for hydroxylation is 7. The van der Waals surface area contributed by atoms with Crippen LogP contribution in [0.15, 0.2) is 170 Å². The Kier molecular flexibility index (Phi) is 22.8. The van der Waals surface area contributed by atoms with Crippen molar-refractivity contribution in [3.63, 3.8) is 0 Å². The molecule has 1 aliphatic carbocycles. The van der Waals surface area contributed by atoms with Crippen molar-refractivity contribution in [1.82, 2.24) is 39.9 Å². The molecule has 0 saturated heterocycles. The van der Waals surface area contributed by atoms with Crippen LogP contribution in [-0.4, -0.2) is 46.0 Å². The molecule has 0 amide bonds. The molecule has 26 heteroatoms. The van der Waals surface area contributed by atoms with Crippen molar-refractivity contribution >= 4 is 132 Å². The number of fused-ring (bicyclic) bond motifs is 16. The van der Waals surface area contributed by atoms with Crippen LogP contribution in [-0.2, 0) is 47.5 Å². The third-order valence-corrected chi connectivity index (χ3v) is 26.6. The van der Waals surface area contributed by atoms with Crippen LogP contribution in [0, 0.1) is 113 Å². The summed E-state index contributed by atoms with van der Waals surface area (Å²) in [6.07, 6.45) is 9.81. The SMILES string of the molecule is Cc1c(C)c(F)c2c(oc3nc(F)ccc32)c1-c1c2ccc(CC(C)(C)C)cc2nc[n+]1C.Cc1cc2c(oc3nc(F)cc(F)c32)c(-c2c3ccc(C(C)C)cc3nc[n+]2C)c1C.Cc1cc2c(oc3nc(F)cc(F)c32)c(-c2c3ccc(CC4CCCC4)cc3nc[n+]2C)c1C.Cc1cc2c(oc3nc(F)ccc32)c(-c2c3ccc(CC(C)(C)C(F)(F)F)cc3nc[n+]2C)c1C. The minimum absolute atomic E-state index is 0.0291. The van der Waals surface area contributed by atoms with Crippen LogP contribution in [0.25, 0.3) is 177 Å². The molecule has 16 nitrogen and oxygen atoms in total. The van der Waals surface area contributed by atoms with Gasteiger partial charge in [0, 0.05) is 33.7 Å². The third-order valence-electron chi connectivity index (χ3n) is 26.6. The second kappa shape index (κ2) is 33.8. The molecule has 0 bridgehead atoms. The molecule has 676 valence electrons. The van der Waals surface area contributed by atoms with Crippen LogP contribution in [0.4, 0.5) is 43.9 Å². The average Bonchev–Trinajstić information content (AvgIpc) is 1.37. The zero-order valence-corrected chi connectivity index (χ0v) is 77.3. The molecule has 0 unspecified atom stereocenters. The predicted molar refractivity (Wildman–Crippen MR) is 498 cm³/mol. The molecule has 20 aromatic rings. The zero-order valence-electron chi connectivity index (χ0n) is 77.3. The Morgan fingerprint density at radius 1 is 0.361 bits per heavy atom. The number of hydrogen-bond donors (Lipinski definition) is 0. The van der Waals surface area contributed by atoms with Gasteiger partial charge in [0.15, 0.2) is 27.6 Å². The molecule has 0 N–H and O–H groups in total. The number of hydrogen-bond acceptors (Lipinski definition) is 12. The number of furan rings is 4. The van der Waals surface area contributed by atoms with Gasteiger partial charge in [-0.2, -0.15) is 50.7 Å². The summed E-state index contributed by atoms with van der Waals surface area (Å²) in [5, 5.41) is 7.58. The summed E-state index contributed by atoms with van der Waals surface area (Å²) in [6, 6.07) is 37.4. The Labute approximate surface area is 759 Å². The van der Waals surface area contributed by atoms with E-state index in [9.17, 15) is 39.5 Å². The van der Waals surface area contributed by atoms with E-state index >= 15 is 4.39 Å². The highest BCUT2D eigenvalue weighted by Gasteiger charge is 2.47. The van der Waals surface area contributed by atoms with E-state index in [0.717, 1.165) is 158 Å². The second-order valence-electron chi connectivity index (χ2n) is 37.9. The topological polar surface area (TPSA) is 171 Å². The highest BCUT2D eigenvalue weighted by molar-refractivity contribution is 6.16. The number of aromatic nitrogens is 12. The minimum atomic E-state index is -4.32. The van der Waals surface area contributed by atoms with E-state index in [1.165, 1.54) is 74.4 Å². The summed E-state index contributed by atoms with van der Waals surface area (Å²) in [7, 11) is 7.64. The first-order valence-corrected chi connectivity index (χ1v) is 44.3. The summed E-state index contributed by atoms with van der Waals surface area (Å²) in [5.41, 5.74) is 22.1. The third kappa shape index (κ3) is 16.2. The Morgan fingerprint density at radius 3 is 1.17 bits per heavy atom. The van der Waals surface area contributed by atoms with Gasteiger partial charge in [-0.3, -0.25) is 0 Å². The highest BCUT2D eigenvalue weighted by atomic mass is 19.4. The Hall–Kier alpha value is -13.8. The Balaban J connectivity index is 0.000000119.